The monoisotopic (exact) mass is 395 g/mol. The van der Waals surface area contributed by atoms with Gasteiger partial charge in [-0.2, -0.15) is 0 Å². The maximum atomic E-state index is 10.1. The minimum Gasteiger partial charge on any atom is -0.508 e. The van der Waals surface area contributed by atoms with Gasteiger partial charge in [0.05, 0.1) is 0 Å². The van der Waals surface area contributed by atoms with E-state index in [1.807, 2.05) is 25.2 Å². The van der Waals surface area contributed by atoms with Crippen molar-refractivity contribution in [3.63, 3.8) is 0 Å². The Morgan fingerprint density at radius 1 is 1.00 bits per heavy atom. The standard InChI is InChI=1S/C25H37N3O/c1-26-14-19-28(21-24-10-5-6-11-25(24)29)16-7-15-27-17-12-23(13-18-27)20-22-8-3-2-4-9-22/h2-6,8-11,23,26,29H,7,12-21H2,1H3. The number of piperidine rings is 1. The van der Waals surface area contributed by atoms with Crippen LogP contribution in [0.15, 0.2) is 54.6 Å². The quantitative estimate of drug-likeness (QED) is 0.608. The average molecular weight is 396 g/mol. The van der Waals surface area contributed by atoms with Gasteiger partial charge < -0.3 is 15.3 Å². The van der Waals surface area contributed by atoms with E-state index < -0.39 is 0 Å². The zero-order valence-corrected chi connectivity index (χ0v) is 17.9. The molecule has 0 radical (unpaired) electrons. The first-order valence-corrected chi connectivity index (χ1v) is 11.1. The van der Waals surface area contributed by atoms with Gasteiger partial charge in [-0.05, 0) is 76.5 Å². The summed E-state index contributed by atoms with van der Waals surface area (Å²) in [7, 11) is 2.00. The molecule has 1 heterocycles. The van der Waals surface area contributed by atoms with E-state index in [2.05, 4.69) is 45.4 Å². The summed E-state index contributed by atoms with van der Waals surface area (Å²) in [6, 6.07) is 18.6. The SMILES string of the molecule is CNCCN(CCCN1CCC(Cc2ccccc2)CC1)Cc1ccccc1O. The Morgan fingerprint density at radius 3 is 2.45 bits per heavy atom. The highest BCUT2D eigenvalue weighted by atomic mass is 16.3. The molecule has 0 amide bonds. The number of phenolic OH excluding ortho intramolecular Hbond substituents is 1. The van der Waals surface area contributed by atoms with Gasteiger partial charge in [-0.25, -0.2) is 0 Å². The fraction of sp³-hybridized carbons (Fsp3) is 0.520. The molecule has 2 aromatic rings. The Bertz CT molecular complexity index is 698. The van der Waals surface area contributed by atoms with Crippen LogP contribution >= 0.6 is 0 Å². The first kappa shape index (κ1) is 21.8. The minimum atomic E-state index is 0.405. The summed E-state index contributed by atoms with van der Waals surface area (Å²) >= 11 is 0. The van der Waals surface area contributed by atoms with Gasteiger partial charge in [-0.15, -0.1) is 0 Å². The van der Waals surface area contributed by atoms with E-state index in [1.165, 1.54) is 50.9 Å². The highest BCUT2D eigenvalue weighted by molar-refractivity contribution is 5.31. The van der Waals surface area contributed by atoms with E-state index in [0.29, 0.717) is 5.75 Å². The molecule has 1 fully saturated rings. The highest BCUT2D eigenvalue weighted by Crippen LogP contribution is 2.22. The third-order valence-corrected chi connectivity index (χ3v) is 6.09. The number of rotatable bonds is 11. The highest BCUT2D eigenvalue weighted by Gasteiger charge is 2.19. The zero-order chi connectivity index (χ0) is 20.3. The Labute approximate surface area is 176 Å². The second-order valence-corrected chi connectivity index (χ2v) is 8.34. The Morgan fingerprint density at radius 2 is 1.72 bits per heavy atom. The Kier molecular flexibility index (Phi) is 9.00. The summed E-state index contributed by atoms with van der Waals surface area (Å²) in [4.78, 5) is 5.09. The predicted octanol–water partition coefficient (Wildman–Crippen LogP) is 3.76. The number of likely N-dealkylation sites (N-methyl/N-ethyl adjacent to an activating group) is 1. The van der Waals surface area contributed by atoms with Crippen LogP contribution in [-0.4, -0.2) is 61.2 Å². The third kappa shape index (κ3) is 7.46. The van der Waals surface area contributed by atoms with Crippen LogP contribution in [-0.2, 0) is 13.0 Å². The van der Waals surface area contributed by atoms with E-state index in [-0.39, 0.29) is 0 Å². The van der Waals surface area contributed by atoms with Crippen molar-refractivity contribution in [2.24, 2.45) is 5.92 Å². The van der Waals surface area contributed by atoms with Crippen molar-refractivity contribution in [3.8, 4) is 5.75 Å². The summed E-state index contributed by atoms with van der Waals surface area (Å²) < 4.78 is 0. The van der Waals surface area contributed by atoms with Crippen LogP contribution < -0.4 is 5.32 Å². The topological polar surface area (TPSA) is 38.7 Å². The largest absolute Gasteiger partial charge is 0.508 e. The van der Waals surface area contributed by atoms with Gasteiger partial charge in [0.15, 0.2) is 0 Å². The minimum absolute atomic E-state index is 0.405. The van der Waals surface area contributed by atoms with Crippen LogP contribution in [0.25, 0.3) is 0 Å². The molecular formula is C25H37N3O. The molecule has 3 rings (SSSR count). The van der Waals surface area contributed by atoms with Crippen LogP contribution in [0.3, 0.4) is 0 Å². The van der Waals surface area contributed by atoms with Gasteiger partial charge in [-0.3, -0.25) is 4.90 Å². The number of likely N-dealkylation sites (tertiary alicyclic amines) is 1. The second-order valence-electron chi connectivity index (χ2n) is 8.34. The zero-order valence-electron chi connectivity index (χ0n) is 17.9. The summed E-state index contributed by atoms with van der Waals surface area (Å²) in [5, 5.41) is 13.3. The number of hydrogen-bond acceptors (Lipinski definition) is 4. The molecule has 158 valence electrons. The molecule has 2 N–H and O–H groups in total. The average Bonchev–Trinajstić information content (AvgIpc) is 2.75. The number of nitrogens with one attached hydrogen (secondary N) is 1. The van der Waals surface area contributed by atoms with Crippen LogP contribution in [0.4, 0.5) is 0 Å². The van der Waals surface area contributed by atoms with Gasteiger partial charge in [-0.1, -0.05) is 48.5 Å². The summed E-state index contributed by atoms with van der Waals surface area (Å²) in [5.74, 6) is 1.24. The molecule has 1 aliphatic heterocycles. The van der Waals surface area contributed by atoms with E-state index in [1.54, 1.807) is 6.07 Å². The van der Waals surface area contributed by atoms with Gasteiger partial charge in [0, 0.05) is 25.2 Å². The molecule has 0 bridgehead atoms. The number of hydrogen-bond donors (Lipinski definition) is 2. The maximum Gasteiger partial charge on any atom is 0.120 e. The van der Waals surface area contributed by atoms with Crippen molar-refractivity contribution in [2.75, 3.05) is 46.3 Å². The molecule has 4 nitrogen and oxygen atoms in total. The maximum absolute atomic E-state index is 10.1. The lowest BCUT2D eigenvalue weighted by molar-refractivity contribution is 0.169. The summed E-state index contributed by atoms with van der Waals surface area (Å²) in [6.45, 7) is 7.49. The van der Waals surface area contributed by atoms with Gasteiger partial charge in [0.1, 0.15) is 5.75 Å². The predicted molar refractivity (Wildman–Crippen MR) is 121 cm³/mol. The van der Waals surface area contributed by atoms with E-state index in [0.717, 1.165) is 37.7 Å². The summed E-state index contributed by atoms with van der Waals surface area (Å²) in [5.41, 5.74) is 2.50. The van der Waals surface area contributed by atoms with Gasteiger partial charge >= 0.3 is 0 Å². The molecule has 0 unspecified atom stereocenters. The molecule has 1 aliphatic rings. The number of nitrogens with zero attached hydrogens (tertiary/aromatic N) is 2. The van der Waals surface area contributed by atoms with Crippen molar-refractivity contribution in [1.82, 2.24) is 15.1 Å². The number of phenols is 1. The molecule has 2 aromatic carbocycles. The van der Waals surface area contributed by atoms with E-state index >= 15 is 0 Å². The molecule has 0 atom stereocenters. The lowest BCUT2D eigenvalue weighted by Gasteiger charge is -2.32. The normalized spacial score (nSPS) is 15.8. The first-order chi connectivity index (χ1) is 14.2. The Balaban J connectivity index is 1.39. The molecule has 0 saturated carbocycles. The fourth-order valence-corrected chi connectivity index (χ4v) is 4.30. The lowest BCUT2D eigenvalue weighted by atomic mass is 9.90. The Hall–Kier alpha value is -1.88. The van der Waals surface area contributed by atoms with Gasteiger partial charge in [0.2, 0.25) is 0 Å². The molecule has 0 aliphatic carbocycles. The van der Waals surface area contributed by atoms with E-state index in [4.69, 9.17) is 0 Å². The van der Waals surface area contributed by atoms with Crippen LogP contribution in [0, 0.1) is 5.92 Å². The molecule has 29 heavy (non-hydrogen) atoms. The summed E-state index contributed by atoms with van der Waals surface area (Å²) in [6.07, 6.45) is 5.04. The second kappa shape index (κ2) is 12.0. The van der Waals surface area contributed by atoms with Crippen molar-refractivity contribution in [3.05, 3.63) is 65.7 Å². The van der Waals surface area contributed by atoms with Crippen molar-refractivity contribution in [1.29, 1.82) is 0 Å². The van der Waals surface area contributed by atoms with Crippen molar-refractivity contribution >= 4 is 0 Å². The lowest BCUT2D eigenvalue weighted by Crippen LogP contribution is -2.37. The molecular weight excluding hydrogens is 358 g/mol. The van der Waals surface area contributed by atoms with Crippen LogP contribution in [0.1, 0.15) is 30.4 Å². The fourth-order valence-electron chi connectivity index (χ4n) is 4.30. The van der Waals surface area contributed by atoms with Gasteiger partial charge in [0.25, 0.3) is 0 Å². The first-order valence-electron chi connectivity index (χ1n) is 11.1. The molecule has 0 spiro atoms. The van der Waals surface area contributed by atoms with E-state index in [9.17, 15) is 5.11 Å². The third-order valence-electron chi connectivity index (χ3n) is 6.09. The van der Waals surface area contributed by atoms with Crippen molar-refractivity contribution in [2.45, 2.75) is 32.2 Å². The van der Waals surface area contributed by atoms with Crippen LogP contribution in [0.2, 0.25) is 0 Å². The van der Waals surface area contributed by atoms with Crippen LogP contribution in [0.5, 0.6) is 5.75 Å². The smallest absolute Gasteiger partial charge is 0.120 e. The number of benzene rings is 2. The van der Waals surface area contributed by atoms with Crippen molar-refractivity contribution < 1.29 is 5.11 Å². The number of para-hydroxylation sites is 1. The molecule has 4 heteroatoms. The molecule has 0 aromatic heterocycles. The molecule has 1 saturated heterocycles. The number of aromatic hydroxyl groups is 1.